The molecule has 1 atom stereocenters. The van der Waals surface area contributed by atoms with E-state index in [9.17, 15) is 8.42 Å². The number of nitrogens with two attached hydrogens (primary N) is 1. The van der Waals surface area contributed by atoms with Gasteiger partial charge in [-0.2, -0.15) is 4.31 Å². The molecule has 0 amide bonds. The minimum absolute atomic E-state index is 0.109. The van der Waals surface area contributed by atoms with Crippen LogP contribution in [-0.2, 0) is 10.0 Å². The van der Waals surface area contributed by atoms with Gasteiger partial charge in [0.25, 0.3) is 10.0 Å². The maximum absolute atomic E-state index is 12.5. The van der Waals surface area contributed by atoms with Crippen molar-refractivity contribution < 1.29 is 8.42 Å². The molecule has 7 heteroatoms. The topological polar surface area (TPSA) is 75.4 Å². The first-order valence-electron chi connectivity index (χ1n) is 6.23. The quantitative estimate of drug-likeness (QED) is 0.619. The predicted octanol–water partition coefficient (Wildman–Crippen LogP) is 1.64. The fourth-order valence-corrected chi connectivity index (χ4v) is 4.32. The molecule has 1 aromatic rings. The van der Waals surface area contributed by atoms with Gasteiger partial charge in [-0.25, -0.2) is 8.42 Å². The third-order valence-corrected chi connectivity index (χ3v) is 6.39. The molecule has 0 radical (unpaired) electrons. The average Bonchev–Trinajstić information content (AvgIpc) is 2.82. The van der Waals surface area contributed by atoms with E-state index in [4.69, 9.17) is 5.84 Å². The molecule has 19 heavy (non-hydrogen) atoms. The molecule has 3 N–H and O–H groups in total. The van der Waals surface area contributed by atoms with Crippen molar-refractivity contribution in [3.8, 4) is 0 Å². The molecule has 0 fully saturated rings. The Hall–Kier alpha value is -0.470. The second-order valence-electron chi connectivity index (χ2n) is 5.47. The van der Waals surface area contributed by atoms with E-state index in [1.54, 1.807) is 17.5 Å². The van der Waals surface area contributed by atoms with Crippen molar-refractivity contribution >= 4 is 21.4 Å². The van der Waals surface area contributed by atoms with Gasteiger partial charge in [0.05, 0.1) is 0 Å². The van der Waals surface area contributed by atoms with Crippen LogP contribution >= 0.6 is 11.3 Å². The molecule has 0 unspecified atom stereocenters. The molecule has 0 spiro atoms. The zero-order chi connectivity index (χ0) is 14.7. The summed E-state index contributed by atoms with van der Waals surface area (Å²) in [7, 11) is -3.42. The van der Waals surface area contributed by atoms with Gasteiger partial charge in [-0.3, -0.25) is 11.3 Å². The van der Waals surface area contributed by atoms with Crippen LogP contribution in [0.25, 0.3) is 0 Å². The van der Waals surface area contributed by atoms with E-state index in [0.717, 1.165) is 0 Å². The number of sulfonamides is 1. The molecule has 0 saturated carbocycles. The van der Waals surface area contributed by atoms with Crippen molar-refractivity contribution in [3.63, 3.8) is 0 Å². The average molecular weight is 305 g/mol. The van der Waals surface area contributed by atoms with Crippen molar-refractivity contribution in [3.05, 3.63) is 17.5 Å². The zero-order valence-electron chi connectivity index (χ0n) is 11.9. The Morgan fingerprint density at radius 3 is 2.47 bits per heavy atom. The number of nitrogens with one attached hydrogen (secondary N) is 1. The molecule has 0 saturated heterocycles. The lowest BCUT2D eigenvalue weighted by Gasteiger charge is -2.33. The van der Waals surface area contributed by atoms with E-state index in [1.807, 2.05) is 27.7 Å². The largest absolute Gasteiger partial charge is 0.271 e. The molecular weight excluding hydrogens is 282 g/mol. The van der Waals surface area contributed by atoms with Gasteiger partial charge < -0.3 is 0 Å². The number of hydrazine groups is 1. The Labute approximate surface area is 119 Å². The SMILES string of the molecule is CCN(C[C@@H](NN)C(C)(C)C)S(=O)(=O)c1cccs1. The maximum Gasteiger partial charge on any atom is 0.252 e. The number of hydrogen-bond acceptors (Lipinski definition) is 5. The molecule has 1 rings (SSSR count). The molecule has 0 aliphatic heterocycles. The number of hydrogen-bond donors (Lipinski definition) is 2. The monoisotopic (exact) mass is 305 g/mol. The molecule has 0 bridgehead atoms. The standard InChI is InChI=1S/C12H23N3O2S2/c1-5-15(9-10(14-13)12(2,3)4)19(16,17)11-7-6-8-18-11/h6-8,10,14H,5,9,13H2,1-4H3/t10-/m1/s1. The van der Waals surface area contributed by atoms with Crippen LogP contribution in [0.15, 0.2) is 21.7 Å². The van der Waals surface area contributed by atoms with E-state index in [1.165, 1.54) is 15.6 Å². The molecule has 110 valence electrons. The van der Waals surface area contributed by atoms with Crippen LogP contribution in [0.4, 0.5) is 0 Å². The Balaban J connectivity index is 2.96. The van der Waals surface area contributed by atoms with Crippen LogP contribution in [0.2, 0.25) is 0 Å². The van der Waals surface area contributed by atoms with E-state index >= 15 is 0 Å². The lowest BCUT2D eigenvalue weighted by Crippen LogP contribution is -2.52. The van der Waals surface area contributed by atoms with Gasteiger partial charge >= 0.3 is 0 Å². The molecule has 1 heterocycles. The Morgan fingerprint density at radius 1 is 1.47 bits per heavy atom. The Morgan fingerprint density at radius 2 is 2.11 bits per heavy atom. The highest BCUT2D eigenvalue weighted by atomic mass is 32.2. The third kappa shape index (κ3) is 4.00. The summed E-state index contributed by atoms with van der Waals surface area (Å²) in [5.41, 5.74) is 2.60. The summed E-state index contributed by atoms with van der Waals surface area (Å²) in [5.74, 6) is 5.55. The number of nitrogens with zero attached hydrogens (tertiary/aromatic N) is 1. The van der Waals surface area contributed by atoms with Crippen molar-refractivity contribution in [1.82, 2.24) is 9.73 Å². The highest BCUT2D eigenvalue weighted by Crippen LogP contribution is 2.24. The second kappa shape index (κ2) is 6.32. The van der Waals surface area contributed by atoms with Crippen molar-refractivity contribution in [2.45, 2.75) is 37.9 Å². The first-order valence-corrected chi connectivity index (χ1v) is 8.55. The third-order valence-electron chi connectivity index (χ3n) is 3.07. The van der Waals surface area contributed by atoms with Crippen molar-refractivity contribution in [1.29, 1.82) is 0 Å². The molecule has 5 nitrogen and oxygen atoms in total. The molecule has 0 aromatic carbocycles. The van der Waals surface area contributed by atoms with Crippen LogP contribution in [0.3, 0.4) is 0 Å². The van der Waals surface area contributed by atoms with Gasteiger partial charge in [0.15, 0.2) is 0 Å². The summed E-state index contributed by atoms with van der Waals surface area (Å²) < 4.78 is 26.8. The second-order valence-corrected chi connectivity index (χ2v) is 8.59. The lowest BCUT2D eigenvalue weighted by atomic mass is 9.87. The zero-order valence-corrected chi connectivity index (χ0v) is 13.5. The Bertz CT molecular complexity index is 478. The first-order chi connectivity index (χ1) is 8.73. The van der Waals surface area contributed by atoms with E-state index in [0.29, 0.717) is 17.3 Å². The van der Waals surface area contributed by atoms with Crippen LogP contribution in [0.1, 0.15) is 27.7 Å². The summed E-state index contributed by atoms with van der Waals surface area (Å²) in [5, 5.41) is 1.77. The lowest BCUT2D eigenvalue weighted by molar-refractivity contribution is 0.228. The van der Waals surface area contributed by atoms with Gasteiger partial charge in [0.2, 0.25) is 0 Å². The number of likely N-dealkylation sites (N-methyl/N-ethyl adjacent to an activating group) is 1. The van der Waals surface area contributed by atoms with Gasteiger partial charge in [-0.1, -0.05) is 33.8 Å². The van der Waals surface area contributed by atoms with E-state index < -0.39 is 10.0 Å². The predicted molar refractivity (Wildman–Crippen MR) is 79.3 cm³/mol. The van der Waals surface area contributed by atoms with Crippen LogP contribution in [0.5, 0.6) is 0 Å². The molecule has 0 aliphatic rings. The number of thiophene rings is 1. The van der Waals surface area contributed by atoms with Gasteiger partial charge in [0.1, 0.15) is 4.21 Å². The number of rotatable bonds is 6. The normalized spacial score (nSPS) is 14.8. The minimum Gasteiger partial charge on any atom is -0.271 e. The fourth-order valence-electron chi connectivity index (χ4n) is 1.71. The molecular formula is C12H23N3O2S2. The van der Waals surface area contributed by atoms with Gasteiger partial charge in [-0.15, -0.1) is 11.3 Å². The van der Waals surface area contributed by atoms with Crippen molar-refractivity contribution in [2.24, 2.45) is 11.3 Å². The summed E-state index contributed by atoms with van der Waals surface area (Å²) in [4.78, 5) is 0. The molecule has 1 aromatic heterocycles. The maximum atomic E-state index is 12.5. The van der Waals surface area contributed by atoms with Gasteiger partial charge in [-0.05, 0) is 16.9 Å². The van der Waals surface area contributed by atoms with Crippen LogP contribution < -0.4 is 11.3 Å². The van der Waals surface area contributed by atoms with Crippen molar-refractivity contribution in [2.75, 3.05) is 13.1 Å². The molecule has 0 aliphatic carbocycles. The van der Waals surface area contributed by atoms with Gasteiger partial charge in [0, 0.05) is 19.1 Å². The highest BCUT2D eigenvalue weighted by molar-refractivity contribution is 7.91. The summed E-state index contributed by atoms with van der Waals surface area (Å²) in [6.07, 6.45) is 0. The van der Waals surface area contributed by atoms with E-state index in [-0.39, 0.29) is 11.5 Å². The fraction of sp³-hybridized carbons (Fsp3) is 0.667. The van der Waals surface area contributed by atoms with E-state index in [2.05, 4.69) is 5.43 Å². The highest BCUT2D eigenvalue weighted by Gasteiger charge is 2.31. The van der Waals surface area contributed by atoms with Crippen LogP contribution in [-0.4, -0.2) is 31.9 Å². The smallest absolute Gasteiger partial charge is 0.252 e. The summed E-state index contributed by atoms with van der Waals surface area (Å²) in [6, 6.07) is 3.26. The summed E-state index contributed by atoms with van der Waals surface area (Å²) in [6.45, 7) is 8.71. The Kier molecular flexibility index (Phi) is 5.52. The summed E-state index contributed by atoms with van der Waals surface area (Å²) >= 11 is 1.23. The minimum atomic E-state index is -3.42. The van der Waals surface area contributed by atoms with Crippen LogP contribution in [0, 0.1) is 5.41 Å². The first kappa shape index (κ1) is 16.6.